The van der Waals surface area contributed by atoms with Crippen molar-refractivity contribution < 1.29 is 4.57 Å². The highest BCUT2D eigenvalue weighted by Crippen LogP contribution is 2.23. The molecule has 0 amide bonds. The molecule has 3 heteroatoms. The quantitative estimate of drug-likeness (QED) is 0.683. The Balaban J connectivity index is 2.34. The van der Waals surface area contributed by atoms with Crippen molar-refractivity contribution in [1.29, 1.82) is 0 Å². The number of aromatic nitrogens is 2. The van der Waals surface area contributed by atoms with Crippen molar-refractivity contribution in [3.8, 4) is 0 Å². The van der Waals surface area contributed by atoms with Gasteiger partial charge in [0, 0.05) is 5.56 Å². The van der Waals surface area contributed by atoms with Gasteiger partial charge in [-0.15, -0.1) is 0 Å². The smallest absolute Gasteiger partial charge is 0.234 e. The highest BCUT2D eigenvalue weighted by molar-refractivity contribution is 5.77. The summed E-state index contributed by atoms with van der Waals surface area (Å²) in [5.41, 5.74) is 6.78. The summed E-state index contributed by atoms with van der Waals surface area (Å²) in [6.07, 6.45) is 6.15. The van der Waals surface area contributed by atoms with Gasteiger partial charge in [-0.25, -0.2) is 4.98 Å². The van der Waals surface area contributed by atoms with Crippen LogP contribution in [0, 0.1) is 6.92 Å². The van der Waals surface area contributed by atoms with E-state index >= 15 is 0 Å². The molecule has 88 valence electrons. The zero-order chi connectivity index (χ0) is 11.8. The molecule has 0 fully saturated rings. The Morgan fingerprint density at radius 1 is 1.29 bits per heavy atom. The van der Waals surface area contributed by atoms with E-state index in [1.807, 2.05) is 12.4 Å². The number of hydrogen-bond acceptors (Lipinski definition) is 2. The molecule has 0 saturated heterocycles. The Bertz CT molecular complexity index is 575. The summed E-state index contributed by atoms with van der Waals surface area (Å²) in [5, 5.41) is 3.46. The lowest BCUT2D eigenvalue weighted by Crippen LogP contribution is -2.30. The van der Waals surface area contributed by atoms with Crippen LogP contribution in [-0.4, -0.2) is 18.1 Å². The van der Waals surface area contributed by atoms with Gasteiger partial charge in [-0.05, 0) is 50.0 Å². The molecular formula is C14H18N3+. The van der Waals surface area contributed by atoms with Crippen LogP contribution in [0.4, 0.5) is 0 Å². The lowest BCUT2D eigenvalue weighted by Gasteiger charge is -2.10. The van der Waals surface area contributed by atoms with E-state index in [2.05, 4.69) is 34.9 Å². The highest BCUT2D eigenvalue weighted by atomic mass is 14.9. The molecule has 1 aliphatic rings. The Morgan fingerprint density at radius 2 is 2.12 bits per heavy atom. The van der Waals surface area contributed by atoms with Crippen LogP contribution in [0.3, 0.4) is 0 Å². The maximum atomic E-state index is 4.50. The Kier molecular flexibility index (Phi) is 2.56. The van der Waals surface area contributed by atoms with Crippen LogP contribution in [0.2, 0.25) is 0 Å². The minimum absolute atomic E-state index is 1.08. The summed E-state index contributed by atoms with van der Waals surface area (Å²) < 4.78 is 2.18. The Morgan fingerprint density at radius 3 is 3.00 bits per heavy atom. The van der Waals surface area contributed by atoms with Crippen molar-refractivity contribution in [2.24, 2.45) is 7.05 Å². The molecule has 0 saturated carbocycles. The van der Waals surface area contributed by atoms with E-state index in [1.54, 1.807) is 0 Å². The number of fused-ring (bicyclic) bond motifs is 2. The topological polar surface area (TPSA) is 28.8 Å². The molecular weight excluding hydrogens is 210 g/mol. The molecule has 0 unspecified atom stereocenters. The number of aryl methyl sites for hydroxylation is 2. The first-order valence-corrected chi connectivity index (χ1v) is 6.24. The molecule has 3 nitrogen and oxygen atoms in total. The monoisotopic (exact) mass is 228 g/mol. The summed E-state index contributed by atoms with van der Waals surface area (Å²) in [6.45, 7) is 4.40. The van der Waals surface area contributed by atoms with Crippen molar-refractivity contribution in [3.63, 3.8) is 0 Å². The lowest BCUT2D eigenvalue weighted by molar-refractivity contribution is -0.645. The van der Waals surface area contributed by atoms with Crippen LogP contribution in [-0.2, 0) is 19.9 Å². The predicted octanol–water partition coefficient (Wildman–Crippen LogP) is 1.06. The van der Waals surface area contributed by atoms with E-state index in [0.717, 1.165) is 31.4 Å². The van der Waals surface area contributed by atoms with Gasteiger partial charge in [0.15, 0.2) is 6.20 Å². The van der Waals surface area contributed by atoms with Crippen molar-refractivity contribution in [2.45, 2.75) is 19.8 Å². The van der Waals surface area contributed by atoms with E-state index in [-0.39, 0.29) is 0 Å². The molecule has 1 aliphatic heterocycles. The summed E-state index contributed by atoms with van der Waals surface area (Å²) in [5.74, 6) is 0. The van der Waals surface area contributed by atoms with Crippen LogP contribution in [0.5, 0.6) is 0 Å². The third-order valence-corrected chi connectivity index (χ3v) is 3.73. The predicted molar refractivity (Wildman–Crippen MR) is 67.9 cm³/mol. The average molecular weight is 228 g/mol. The number of nitrogens with zero attached hydrogens (tertiary/aromatic N) is 2. The zero-order valence-electron chi connectivity index (χ0n) is 10.5. The molecule has 17 heavy (non-hydrogen) atoms. The Labute approximate surface area is 101 Å². The van der Waals surface area contributed by atoms with Crippen molar-refractivity contribution in [2.75, 3.05) is 13.1 Å². The van der Waals surface area contributed by atoms with Gasteiger partial charge >= 0.3 is 0 Å². The average Bonchev–Trinajstić information content (AvgIpc) is 2.54. The summed E-state index contributed by atoms with van der Waals surface area (Å²) in [4.78, 5) is 4.50. The third-order valence-electron chi connectivity index (χ3n) is 3.73. The van der Waals surface area contributed by atoms with Crippen LogP contribution < -0.4 is 9.88 Å². The minimum Gasteiger partial charge on any atom is -0.316 e. The summed E-state index contributed by atoms with van der Waals surface area (Å²) in [6, 6.07) is 2.27. The molecule has 0 aliphatic carbocycles. The molecule has 1 aromatic heterocycles. The maximum Gasteiger partial charge on any atom is 0.234 e. The maximum absolute atomic E-state index is 4.50. The van der Waals surface area contributed by atoms with Crippen molar-refractivity contribution in [1.82, 2.24) is 10.3 Å². The van der Waals surface area contributed by atoms with Gasteiger partial charge in [0.05, 0.1) is 6.20 Å². The second-order valence-corrected chi connectivity index (χ2v) is 4.80. The zero-order valence-corrected chi connectivity index (χ0v) is 10.5. The minimum atomic E-state index is 1.08. The first-order valence-electron chi connectivity index (χ1n) is 6.24. The normalized spacial score (nSPS) is 15.6. The molecule has 2 heterocycles. The van der Waals surface area contributed by atoms with E-state index in [0.29, 0.717) is 0 Å². The second kappa shape index (κ2) is 4.08. The lowest BCUT2D eigenvalue weighted by atomic mass is 9.96. The fourth-order valence-electron chi connectivity index (χ4n) is 2.86. The first-order chi connectivity index (χ1) is 8.27. The SMILES string of the molecule is Cc1c2c(cc3ncc[n+](C)c13)CCNCC2. The molecule has 2 aromatic rings. The molecule has 0 radical (unpaired) electrons. The summed E-state index contributed by atoms with van der Waals surface area (Å²) in [7, 11) is 2.10. The molecule has 0 spiro atoms. The van der Waals surface area contributed by atoms with Gasteiger partial charge in [-0.2, -0.15) is 4.57 Å². The van der Waals surface area contributed by atoms with Crippen molar-refractivity contribution in [3.05, 3.63) is 35.2 Å². The largest absolute Gasteiger partial charge is 0.316 e. The van der Waals surface area contributed by atoms with Crippen LogP contribution in [0.15, 0.2) is 18.5 Å². The van der Waals surface area contributed by atoms with Crippen LogP contribution >= 0.6 is 0 Å². The van der Waals surface area contributed by atoms with Gasteiger partial charge in [0.25, 0.3) is 0 Å². The Hall–Kier alpha value is -1.48. The summed E-state index contributed by atoms with van der Waals surface area (Å²) >= 11 is 0. The van der Waals surface area contributed by atoms with Crippen LogP contribution in [0.1, 0.15) is 16.7 Å². The molecule has 1 N–H and O–H groups in total. The van der Waals surface area contributed by atoms with Gasteiger partial charge < -0.3 is 5.32 Å². The fourth-order valence-corrected chi connectivity index (χ4v) is 2.86. The fraction of sp³-hybridized carbons (Fsp3) is 0.429. The van der Waals surface area contributed by atoms with E-state index in [9.17, 15) is 0 Å². The number of nitrogens with one attached hydrogen (secondary N) is 1. The van der Waals surface area contributed by atoms with Gasteiger partial charge in [-0.3, -0.25) is 0 Å². The van der Waals surface area contributed by atoms with Gasteiger partial charge in [0.1, 0.15) is 12.6 Å². The van der Waals surface area contributed by atoms with E-state index < -0.39 is 0 Å². The van der Waals surface area contributed by atoms with E-state index in [1.165, 1.54) is 22.2 Å². The van der Waals surface area contributed by atoms with E-state index in [4.69, 9.17) is 0 Å². The molecule has 1 aromatic carbocycles. The van der Waals surface area contributed by atoms with Crippen molar-refractivity contribution >= 4 is 11.0 Å². The standard InChI is InChI=1S/C14H18N3/c1-10-12-4-6-15-5-3-11(12)9-13-14(10)17(2)8-7-16-13/h7-9,15H,3-6H2,1-2H3/q+1. The van der Waals surface area contributed by atoms with Gasteiger partial charge in [0.2, 0.25) is 5.52 Å². The van der Waals surface area contributed by atoms with Gasteiger partial charge in [-0.1, -0.05) is 0 Å². The molecule has 0 atom stereocenters. The number of benzene rings is 1. The first kappa shape index (κ1) is 10.7. The number of rotatable bonds is 0. The molecule has 0 bridgehead atoms. The third kappa shape index (κ3) is 1.71. The molecule has 3 rings (SSSR count). The number of hydrogen-bond donors (Lipinski definition) is 1. The van der Waals surface area contributed by atoms with Crippen LogP contribution in [0.25, 0.3) is 11.0 Å². The second-order valence-electron chi connectivity index (χ2n) is 4.80. The highest BCUT2D eigenvalue weighted by Gasteiger charge is 2.18.